The van der Waals surface area contributed by atoms with Crippen molar-refractivity contribution in [2.75, 3.05) is 38.0 Å². The van der Waals surface area contributed by atoms with Crippen molar-refractivity contribution >= 4 is 40.4 Å². The largest absolute Gasteiger partial charge is 0.336 e. The number of benzene rings is 1. The van der Waals surface area contributed by atoms with Crippen LogP contribution in [0.2, 0.25) is 5.02 Å². The van der Waals surface area contributed by atoms with E-state index in [9.17, 15) is 9.59 Å². The molecule has 1 saturated heterocycles. The Labute approximate surface area is 162 Å². The number of rotatable bonds is 4. The van der Waals surface area contributed by atoms with Crippen LogP contribution in [0.25, 0.3) is 0 Å². The van der Waals surface area contributed by atoms with E-state index in [-0.39, 0.29) is 11.8 Å². The van der Waals surface area contributed by atoms with Crippen molar-refractivity contribution in [3.63, 3.8) is 0 Å². The van der Waals surface area contributed by atoms with E-state index in [4.69, 9.17) is 11.6 Å². The van der Waals surface area contributed by atoms with Gasteiger partial charge in [-0.2, -0.15) is 0 Å². The molecule has 1 aliphatic heterocycles. The van der Waals surface area contributed by atoms with Crippen LogP contribution in [0.5, 0.6) is 0 Å². The van der Waals surface area contributed by atoms with Gasteiger partial charge in [0.15, 0.2) is 0 Å². The summed E-state index contributed by atoms with van der Waals surface area (Å²) in [4.78, 5) is 31.0. The highest BCUT2D eigenvalue weighted by atomic mass is 35.5. The Morgan fingerprint density at radius 1 is 1.15 bits per heavy atom. The Morgan fingerprint density at radius 2 is 1.85 bits per heavy atom. The first-order valence-corrected chi connectivity index (χ1v) is 9.76. The van der Waals surface area contributed by atoms with Crippen LogP contribution in [0.4, 0.5) is 5.69 Å². The smallest absolute Gasteiger partial charge is 0.255 e. The Balaban J connectivity index is 1.51. The SMILES string of the molecule is Cc1cc(C(=O)N2CCN(CC(=O)Nc3ccccc3Cl)CC2)c(C)s1. The van der Waals surface area contributed by atoms with Crippen molar-refractivity contribution < 1.29 is 9.59 Å². The number of halogens is 1. The molecule has 1 aliphatic rings. The second kappa shape index (κ2) is 8.20. The standard InChI is InChI=1S/C19H22ClN3O2S/c1-13-11-15(14(2)26-13)19(25)23-9-7-22(8-10-23)12-18(24)21-17-6-4-3-5-16(17)20/h3-6,11H,7-10,12H2,1-2H3,(H,21,24). The summed E-state index contributed by atoms with van der Waals surface area (Å²) in [5.41, 5.74) is 1.42. The molecule has 0 aliphatic carbocycles. The maximum atomic E-state index is 12.7. The Hall–Kier alpha value is -1.89. The van der Waals surface area contributed by atoms with Crippen LogP contribution in [0, 0.1) is 13.8 Å². The number of para-hydroxylation sites is 1. The number of amides is 2. The zero-order chi connectivity index (χ0) is 18.7. The average molecular weight is 392 g/mol. The molecular formula is C19H22ClN3O2S. The number of hydrogen-bond donors (Lipinski definition) is 1. The molecule has 2 heterocycles. The van der Waals surface area contributed by atoms with Gasteiger partial charge in [-0.1, -0.05) is 23.7 Å². The Morgan fingerprint density at radius 3 is 2.46 bits per heavy atom. The summed E-state index contributed by atoms with van der Waals surface area (Å²) in [6.07, 6.45) is 0. The monoisotopic (exact) mass is 391 g/mol. The number of hydrogen-bond acceptors (Lipinski definition) is 4. The second-order valence-electron chi connectivity index (χ2n) is 6.42. The lowest BCUT2D eigenvalue weighted by atomic mass is 10.2. The predicted molar refractivity (Wildman–Crippen MR) is 106 cm³/mol. The molecule has 1 N–H and O–H groups in total. The average Bonchev–Trinajstić information content (AvgIpc) is 2.95. The summed E-state index contributed by atoms with van der Waals surface area (Å²) in [6.45, 7) is 6.93. The van der Waals surface area contributed by atoms with Crippen molar-refractivity contribution in [2.45, 2.75) is 13.8 Å². The molecule has 5 nitrogen and oxygen atoms in total. The van der Waals surface area contributed by atoms with Gasteiger partial charge < -0.3 is 10.2 Å². The maximum Gasteiger partial charge on any atom is 0.255 e. The molecule has 1 aromatic heterocycles. The number of nitrogens with zero attached hydrogens (tertiary/aromatic N) is 2. The Kier molecular flexibility index (Phi) is 5.96. The number of nitrogens with one attached hydrogen (secondary N) is 1. The van der Waals surface area contributed by atoms with Gasteiger partial charge in [-0.3, -0.25) is 14.5 Å². The highest BCUT2D eigenvalue weighted by molar-refractivity contribution is 7.12. The minimum Gasteiger partial charge on any atom is -0.336 e. The lowest BCUT2D eigenvalue weighted by molar-refractivity contribution is -0.117. The molecule has 0 atom stereocenters. The lowest BCUT2D eigenvalue weighted by Gasteiger charge is -2.34. The summed E-state index contributed by atoms with van der Waals surface area (Å²) in [7, 11) is 0. The molecular weight excluding hydrogens is 370 g/mol. The van der Waals surface area contributed by atoms with E-state index in [0.717, 1.165) is 15.3 Å². The molecule has 0 radical (unpaired) electrons. The lowest BCUT2D eigenvalue weighted by Crippen LogP contribution is -2.50. The molecule has 26 heavy (non-hydrogen) atoms. The molecule has 7 heteroatoms. The highest BCUT2D eigenvalue weighted by Crippen LogP contribution is 2.23. The summed E-state index contributed by atoms with van der Waals surface area (Å²) < 4.78 is 0. The van der Waals surface area contributed by atoms with Crippen LogP contribution in [0.15, 0.2) is 30.3 Å². The van der Waals surface area contributed by atoms with Crippen LogP contribution >= 0.6 is 22.9 Å². The molecule has 2 amide bonds. The van der Waals surface area contributed by atoms with Gasteiger partial charge in [-0.15, -0.1) is 11.3 Å². The summed E-state index contributed by atoms with van der Waals surface area (Å²) in [6, 6.07) is 9.15. The maximum absolute atomic E-state index is 12.7. The van der Waals surface area contributed by atoms with Crippen LogP contribution in [-0.2, 0) is 4.79 Å². The van der Waals surface area contributed by atoms with Crippen LogP contribution in [0.1, 0.15) is 20.1 Å². The molecule has 138 valence electrons. The van der Waals surface area contributed by atoms with Gasteiger partial charge in [0.05, 0.1) is 22.8 Å². The summed E-state index contributed by atoms with van der Waals surface area (Å²) >= 11 is 7.72. The zero-order valence-corrected chi connectivity index (χ0v) is 16.5. The predicted octanol–water partition coefficient (Wildman–Crippen LogP) is 3.41. The number of aryl methyl sites for hydroxylation is 2. The number of piperazine rings is 1. The quantitative estimate of drug-likeness (QED) is 0.868. The minimum absolute atomic E-state index is 0.0898. The second-order valence-corrected chi connectivity index (χ2v) is 8.29. The zero-order valence-electron chi connectivity index (χ0n) is 14.9. The fourth-order valence-electron chi connectivity index (χ4n) is 3.08. The van der Waals surface area contributed by atoms with Crippen molar-refractivity contribution in [3.05, 3.63) is 50.7 Å². The third-order valence-electron chi connectivity index (χ3n) is 4.45. The molecule has 0 spiro atoms. The van der Waals surface area contributed by atoms with Crippen molar-refractivity contribution in [1.82, 2.24) is 9.80 Å². The number of thiophene rings is 1. The first-order chi connectivity index (χ1) is 12.4. The van der Waals surface area contributed by atoms with E-state index in [2.05, 4.69) is 10.2 Å². The van der Waals surface area contributed by atoms with Gasteiger partial charge in [0.2, 0.25) is 5.91 Å². The first-order valence-electron chi connectivity index (χ1n) is 8.57. The summed E-state index contributed by atoms with van der Waals surface area (Å²) in [5.74, 6) is -0.00537. The van der Waals surface area contributed by atoms with Crippen molar-refractivity contribution in [1.29, 1.82) is 0 Å². The van der Waals surface area contributed by atoms with E-state index in [1.54, 1.807) is 23.5 Å². The first kappa shape index (κ1) is 18.9. The number of carbonyl (C=O) groups excluding carboxylic acids is 2. The van der Waals surface area contributed by atoms with Gasteiger partial charge in [0.25, 0.3) is 5.91 Å². The molecule has 1 fully saturated rings. The van der Waals surface area contributed by atoms with Gasteiger partial charge >= 0.3 is 0 Å². The van der Waals surface area contributed by atoms with Gasteiger partial charge in [-0.25, -0.2) is 0 Å². The van der Waals surface area contributed by atoms with E-state index in [1.807, 2.05) is 36.9 Å². The van der Waals surface area contributed by atoms with E-state index in [1.165, 1.54) is 0 Å². The number of anilines is 1. The van der Waals surface area contributed by atoms with Crippen LogP contribution < -0.4 is 5.32 Å². The fraction of sp³-hybridized carbons (Fsp3) is 0.368. The normalized spacial score (nSPS) is 15.1. The molecule has 1 aromatic carbocycles. The number of carbonyl (C=O) groups is 2. The van der Waals surface area contributed by atoms with Crippen LogP contribution in [-0.4, -0.2) is 54.3 Å². The van der Waals surface area contributed by atoms with E-state index >= 15 is 0 Å². The Bertz CT molecular complexity index is 813. The van der Waals surface area contributed by atoms with E-state index in [0.29, 0.717) is 43.4 Å². The summed E-state index contributed by atoms with van der Waals surface area (Å²) in [5, 5.41) is 3.36. The third-order valence-corrected chi connectivity index (χ3v) is 5.74. The molecule has 0 saturated carbocycles. The fourth-order valence-corrected chi connectivity index (χ4v) is 4.18. The molecule has 3 rings (SSSR count). The van der Waals surface area contributed by atoms with Crippen molar-refractivity contribution in [3.8, 4) is 0 Å². The van der Waals surface area contributed by atoms with Crippen LogP contribution in [0.3, 0.4) is 0 Å². The minimum atomic E-state index is -0.0952. The van der Waals surface area contributed by atoms with Gasteiger partial charge in [-0.05, 0) is 32.0 Å². The van der Waals surface area contributed by atoms with Gasteiger partial charge in [0.1, 0.15) is 0 Å². The molecule has 2 aromatic rings. The van der Waals surface area contributed by atoms with Gasteiger partial charge in [0, 0.05) is 35.9 Å². The topological polar surface area (TPSA) is 52.7 Å². The molecule has 0 unspecified atom stereocenters. The highest BCUT2D eigenvalue weighted by Gasteiger charge is 2.25. The van der Waals surface area contributed by atoms with Crippen molar-refractivity contribution in [2.24, 2.45) is 0 Å². The third kappa shape index (κ3) is 4.44. The van der Waals surface area contributed by atoms with E-state index < -0.39 is 0 Å². The molecule has 0 bridgehead atoms.